The van der Waals surface area contributed by atoms with E-state index < -0.39 is 6.10 Å². The van der Waals surface area contributed by atoms with Gasteiger partial charge in [-0.3, -0.25) is 4.40 Å². The van der Waals surface area contributed by atoms with Crippen LogP contribution in [-0.2, 0) is 0 Å². The molecule has 0 saturated carbocycles. The standard InChI is InChI=1S/C20H23ClN6O/c1-2-13(28)9-12(10-22)25-19-20-23-7-8-27(20)18(21)17(26-19)15-11-24-16-6-4-3-5-14(15)16/h3-8,11-13,24,28H,2,9-10,22H2,1H3,(H,25,26)/t12-,13-/m0/s1. The molecule has 2 atom stereocenters. The van der Waals surface area contributed by atoms with Crippen molar-refractivity contribution in [1.82, 2.24) is 19.4 Å². The van der Waals surface area contributed by atoms with Crippen LogP contribution in [0.15, 0.2) is 42.9 Å². The second kappa shape index (κ2) is 7.79. The third-order valence-electron chi connectivity index (χ3n) is 4.98. The maximum absolute atomic E-state index is 10.0. The molecule has 0 radical (unpaired) electrons. The fraction of sp³-hybridized carbons (Fsp3) is 0.300. The number of fused-ring (bicyclic) bond motifs is 2. The van der Waals surface area contributed by atoms with Crippen molar-refractivity contribution in [3.8, 4) is 11.3 Å². The Hall–Kier alpha value is -2.61. The summed E-state index contributed by atoms with van der Waals surface area (Å²) in [6, 6.07) is 7.89. The number of aromatic nitrogens is 4. The van der Waals surface area contributed by atoms with Crippen LogP contribution in [0, 0.1) is 0 Å². The first-order chi connectivity index (χ1) is 13.6. The number of benzene rings is 1. The molecule has 0 aliphatic heterocycles. The quantitative estimate of drug-likeness (QED) is 0.382. The summed E-state index contributed by atoms with van der Waals surface area (Å²) in [4.78, 5) is 12.5. The topological polar surface area (TPSA) is 104 Å². The van der Waals surface area contributed by atoms with Gasteiger partial charge in [-0.1, -0.05) is 36.7 Å². The van der Waals surface area contributed by atoms with Gasteiger partial charge in [0, 0.05) is 47.6 Å². The maximum atomic E-state index is 10.0. The highest BCUT2D eigenvalue weighted by atomic mass is 35.5. The number of imidazole rings is 1. The number of anilines is 1. The average molecular weight is 399 g/mol. The summed E-state index contributed by atoms with van der Waals surface area (Å²) in [5, 5.41) is 14.9. The van der Waals surface area contributed by atoms with Crippen molar-refractivity contribution in [3.05, 3.63) is 48.0 Å². The minimum absolute atomic E-state index is 0.125. The van der Waals surface area contributed by atoms with E-state index >= 15 is 0 Å². The number of aliphatic hydroxyl groups excluding tert-OH is 1. The van der Waals surface area contributed by atoms with E-state index in [9.17, 15) is 5.11 Å². The summed E-state index contributed by atoms with van der Waals surface area (Å²) < 4.78 is 1.80. The predicted octanol–water partition coefficient (Wildman–Crippen LogP) is 3.43. The van der Waals surface area contributed by atoms with E-state index in [1.54, 1.807) is 16.8 Å². The first kappa shape index (κ1) is 18.7. The zero-order chi connectivity index (χ0) is 19.7. The second-order valence-corrected chi connectivity index (χ2v) is 7.20. The van der Waals surface area contributed by atoms with Crippen molar-refractivity contribution in [2.75, 3.05) is 11.9 Å². The van der Waals surface area contributed by atoms with Gasteiger partial charge in [-0.05, 0) is 18.9 Å². The van der Waals surface area contributed by atoms with Crippen LogP contribution in [0.1, 0.15) is 19.8 Å². The molecule has 28 heavy (non-hydrogen) atoms. The van der Waals surface area contributed by atoms with Gasteiger partial charge in [-0.25, -0.2) is 9.97 Å². The van der Waals surface area contributed by atoms with E-state index in [2.05, 4.69) is 15.3 Å². The monoisotopic (exact) mass is 398 g/mol. The van der Waals surface area contributed by atoms with Crippen molar-refractivity contribution in [1.29, 1.82) is 0 Å². The minimum Gasteiger partial charge on any atom is -0.393 e. The molecule has 1 aromatic carbocycles. The average Bonchev–Trinajstić information content (AvgIpc) is 3.37. The predicted molar refractivity (Wildman–Crippen MR) is 113 cm³/mol. The Kier molecular flexibility index (Phi) is 5.21. The van der Waals surface area contributed by atoms with E-state index in [1.807, 2.05) is 37.4 Å². The van der Waals surface area contributed by atoms with Crippen molar-refractivity contribution in [2.24, 2.45) is 5.73 Å². The van der Waals surface area contributed by atoms with Crippen LogP contribution in [0.3, 0.4) is 0 Å². The lowest BCUT2D eigenvalue weighted by molar-refractivity contribution is 0.154. The Labute approximate surface area is 167 Å². The molecule has 0 amide bonds. The highest BCUT2D eigenvalue weighted by Crippen LogP contribution is 2.34. The number of nitrogens with one attached hydrogen (secondary N) is 2. The zero-order valence-electron chi connectivity index (χ0n) is 15.6. The van der Waals surface area contributed by atoms with Crippen LogP contribution in [0.2, 0.25) is 5.15 Å². The van der Waals surface area contributed by atoms with Gasteiger partial charge in [0.15, 0.2) is 11.5 Å². The fourth-order valence-corrected chi connectivity index (χ4v) is 3.68. The SMILES string of the molecule is CC[C@H](O)C[C@@H](CN)Nc1nc(-c2c[nH]c3ccccc23)c(Cl)n2ccnc12. The summed E-state index contributed by atoms with van der Waals surface area (Å²) in [5.74, 6) is 0.591. The Balaban J connectivity index is 1.82. The Morgan fingerprint density at radius 3 is 2.96 bits per heavy atom. The lowest BCUT2D eigenvalue weighted by Gasteiger charge is -2.21. The Morgan fingerprint density at radius 1 is 1.36 bits per heavy atom. The second-order valence-electron chi connectivity index (χ2n) is 6.84. The van der Waals surface area contributed by atoms with Gasteiger partial charge in [0.25, 0.3) is 0 Å². The number of aliphatic hydroxyl groups is 1. The Morgan fingerprint density at radius 2 is 2.18 bits per heavy atom. The molecule has 4 rings (SSSR count). The molecule has 0 bridgehead atoms. The van der Waals surface area contributed by atoms with Gasteiger partial charge < -0.3 is 21.1 Å². The summed E-state index contributed by atoms with van der Waals surface area (Å²) in [6.07, 6.45) is 6.19. The molecule has 5 N–H and O–H groups in total. The molecule has 0 spiro atoms. The molecule has 3 aromatic heterocycles. The molecular formula is C20H23ClN6O. The van der Waals surface area contributed by atoms with Crippen molar-refractivity contribution >= 4 is 34.0 Å². The number of halogens is 1. The summed E-state index contributed by atoms with van der Waals surface area (Å²) in [5.41, 5.74) is 9.12. The largest absolute Gasteiger partial charge is 0.393 e. The molecule has 0 saturated heterocycles. The van der Waals surface area contributed by atoms with Gasteiger partial charge in [-0.2, -0.15) is 0 Å². The van der Waals surface area contributed by atoms with Crippen LogP contribution >= 0.6 is 11.6 Å². The first-order valence-electron chi connectivity index (χ1n) is 9.36. The van der Waals surface area contributed by atoms with Gasteiger partial charge >= 0.3 is 0 Å². The Bertz CT molecular complexity index is 1100. The molecule has 4 aromatic rings. The lowest BCUT2D eigenvalue weighted by Crippen LogP contribution is -2.33. The summed E-state index contributed by atoms with van der Waals surface area (Å²) in [7, 11) is 0. The number of rotatable bonds is 7. The van der Waals surface area contributed by atoms with Crippen LogP contribution in [-0.4, -0.2) is 43.1 Å². The molecule has 0 fully saturated rings. The van der Waals surface area contributed by atoms with Crippen LogP contribution in [0.25, 0.3) is 27.8 Å². The highest BCUT2D eigenvalue weighted by Gasteiger charge is 2.20. The minimum atomic E-state index is -0.419. The molecule has 146 valence electrons. The van der Waals surface area contributed by atoms with E-state index in [4.69, 9.17) is 22.3 Å². The lowest BCUT2D eigenvalue weighted by atomic mass is 10.1. The van der Waals surface area contributed by atoms with Crippen molar-refractivity contribution in [2.45, 2.75) is 31.9 Å². The number of para-hydroxylation sites is 1. The molecule has 0 aliphatic rings. The van der Waals surface area contributed by atoms with E-state index in [-0.39, 0.29) is 6.04 Å². The van der Waals surface area contributed by atoms with Gasteiger partial charge in [0.1, 0.15) is 10.8 Å². The highest BCUT2D eigenvalue weighted by molar-refractivity contribution is 6.32. The van der Waals surface area contributed by atoms with E-state index in [0.29, 0.717) is 41.7 Å². The van der Waals surface area contributed by atoms with Gasteiger partial charge in [-0.15, -0.1) is 0 Å². The van der Waals surface area contributed by atoms with Crippen LogP contribution in [0.4, 0.5) is 5.82 Å². The molecule has 7 nitrogen and oxygen atoms in total. The third kappa shape index (κ3) is 3.32. The number of hydrogen-bond acceptors (Lipinski definition) is 5. The van der Waals surface area contributed by atoms with Crippen molar-refractivity contribution in [3.63, 3.8) is 0 Å². The molecule has 8 heteroatoms. The first-order valence-corrected chi connectivity index (χ1v) is 9.73. The molecular weight excluding hydrogens is 376 g/mol. The van der Waals surface area contributed by atoms with E-state index in [0.717, 1.165) is 16.5 Å². The third-order valence-corrected chi connectivity index (χ3v) is 5.34. The number of aromatic amines is 1. The van der Waals surface area contributed by atoms with Gasteiger partial charge in [0.05, 0.1) is 6.10 Å². The smallest absolute Gasteiger partial charge is 0.181 e. The van der Waals surface area contributed by atoms with Gasteiger partial charge in [0.2, 0.25) is 0 Å². The number of nitrogens with zero attached hydrogens (tertiary/aromatic N) is 3. The number of nitrogens with two attached hydrogens (primary N) is 1. The number of hydrogen-bond donors (Lipinski definition) is 4. The van der Waals surface area contributed by atoms with Crippen molar-refractivity contribution < 1.29 is 5.11 Å². The zero-order valence-corrected chi connectivity index (χ0v) is 16.3. The van der Waals surface area contributed by atoms with Crippen LogP contribution < -0.4 is 11.1 Å². The molecule has 0 aliphatic carbocycles. The normalized spacial score (nSPS) is 13.9. The number of H-pyrrole nitrogens is 1. The van der Waals surface area contributed by atoms with E-state index in [1.165, 1.54) is 0 Å². The maximum Gasteiger partial charge on any atom is 0.181 e. The molecule has 3 heterocycles. The fourth-order valence-electron chi connectivity index (χ4n) is 3.40. The summed E-state index contributed by atoms with van der Waals surface area (Å²) >= 11 is 6.68. The van der Waals surface area contributed by atoms with Crippen LogP contribution in [0.5, 0.6) is 0 Å². The molecule has 0 unspecified atom stereocenters. The summed E-state index contributed by atoms with van der Waals surface area (Å²) in [6.45, 7) is 2.32.